The summed E-state index contributed by atoms with van der Waals surface area (Å²) in [5.74, 6) is 0. The van der Waals surface area contributed by atoms with Gasteiger partial charge >= 0.3 is 0 Å². The van der Waals surface area contributed by atoms with Crippen molar-refractivity contribution in [3.63, 3.8) is 0 Å². The van der Waals surface area contributed by atoms with Crippen LogP contribution in [-0.4, -0.2) is 23.3 Å². The molecule has 0 aromatic rings. The molecule has 0 saturated heterocycles. The van der Waals surface area contributed by atoms with Gasteiger partial charge in [0.15, 0.2) is 0 Å². The van der Waals surface area contributed by atoms with Crippen LogP contribution in [0.3, 0.4) is 0 Å². The predicted octanol–water partition coefficient (Wildman–Crippen LogP) is 4.66. The molecule has 1 unspecified atom stereocenters. The van der Waals surface area contributed by atoms with E-state index in [0.29, 0.717) is 6.04 Å². The maximum Gasteiger partial charge on any atom is 0.0743 e. The van der Waals surface area contributed by atoms with E-state index in [4.69, 9.17) is 0 Å². The van der Waals surface area contributed by atoms with E-state index in [1.165, 1.54) is 51.4 Å². The lowest BCUT2D eigenvalue weighted by atomic mass is 9.98. The third kappa shape index (κ3) is 11.4. The van der Waals surface area contributed by atoms with Crippen LogP contribution >= 0.6 is 0 Å². The largest absolute Gasteiger partial charge is 0.389 e. The number of unbranched alkanes of at least 4 members (excludes halogenated alkanes) is 4. The van der Waals surface area contributed by atoms with Gasteiger partial charge in [-0.15, -0.1) is 0 Å². The maximum absolute atomic E-state index is 10.2. The van der Waals surface area contributed by atoms with Crippen molar-refractivity contribution < 1.29 is 5.11 Å². The van der Waals surface area contributed by atoms with Crippen LogP contribution in [0.1, 0.15) is 91.9 Å². The van der Waals surface area contributed by atoms with Crippen molar-refractivity contribution in [2.45, 2.75) is 104 Å². The lowest BCUT2D eigenvalue weighted by Gasteiger charge is -2.27. The fourth-order valence-corrected chi connectivity index (χ4v) is 2.62. The number of hydrogen-bond donors (Lipinski definition) is 2. The Morgan fingerprint density at radius 2 is 1.42 bits per heavy atom. The molecule has 0 aromatic heterocycles. The van der Waals surface area contributed by atoms with Crippen LogP contribution in [0, 0.1) is 0 Å². The van der Waals surface area contributed by atoms with E-state index in [1.54, 1.807) is 0 Å². The van der Waals surface area contributed by atoms with Crippen molar-refractivity contribution in [3.05, 3.63) is 0 Å². The number of aliphatic hydroxyl groups is 1. The minimum Gasteiger partial charge on any atom is -0.389 e. The van der Waals surface area contributed by atoms with Crippen LogP contribution < -0.4 is 5.32 Å². The molecule has 0 heterocycles. The van der Waals surface area contributed by atoms with Gasteiger partial charge in [0.1, 0.15) is 0 Å². The summed E-state index contributed by atoms with van der Waals surface area (Å²) in [7, 11) is 0. The van der Waals surface area contributed by atoms with Crippen LogP contribution in [0.25, 0.3) is 0 Å². The van der Waals surface area contributed by atoms with Crippen molar-refractivity contribution >= 4 is 0 Å². The van der Waals surface area contributed by atoms with Crippen LogP contribution in [0.4, 0.5) is 0 Å². The Bertz CT molecular complexity index is 182. The molecule has 2 N–H and O–H groups in total. The van der Waals surface area contributed by atoms with Gasteiger partial charge in [-0.2, -0.15) is 0 Å². The minimum atomic E-state index is -0.539. The average molecular weight is 271 g/mol. The third-order valence-corrected chi connectivity index (χ3v) is 3.87. The second-order valence-corrected chi connectivity index (χ2v) is 6.32. The zero-order valence-corrected chi connectivity index (χ0v) is 13.8. The van der Waals surface area contributed by atoms with Gasteiger partial charge in [0.2, 0.25) is 0 Å². The van der Waals surface area contributed by atoms with Crippen molar-refractivity contribution in [1.29, 1.82) is 0 Å². The highest BCUT2D eigenvalue weighted by Gasteiger charge is 2.20. The van der Waals surface area contributed by atoms with E-state index in [1.807, 2.05) is 6.92 Å². The van der Waals surface area contributed by atoms with Crippen molar-refractivity contribution in [2.24, 2.45) is 0 Å². The van der Waals surface area contributed by atoms with Gasteiger partial charge in [-0.25, -0.2) is 0 Å². The first-order valence-electron chi connectivity index (χ1n) is 8.51. The molecular weight excluding hydrogens is 234 g/mol. The molecule has 0 amide bonds. The molecule has 0 aliphatic carbocycles. The molecule has 1 atom stereocenters. The Morgan fingerprint density at radius 1 is 0.895 bits per heavy atom. The van der Waals surface area contributed by atoms with Gasteiger partial charge < -0.3 is 10.4 Å². The summed E-state index contributed by atoms with van der Waals surface area (Å²) in [5, 5.41) is 13.9. The summed E-state index contributed by atoms with van der Waals surface area (Å²) in [6, 6.07) is 0.599. The molecule has 0 aromatic carbocycles. The zero-order chi connectivity index (χ0) is 14.6. The Labute approximate surface area is 121 Å². The third-order valence-electron chi connectivity index (χ3n) is 3.87. The molecule has 2 heteroatoms. The first-order valence-corrected chi connectivity index (χ1v) is 8.51. The SMILES string of the molecule is CCCCCC(CCCCC)NCC(C)(O)CCC. The first kappa shape index (κ1) is 18.9. The average Bonchev–Trinajstić information content (AvgIpc) is 2.36. The topological polar surface area (TPSA) is 32.3 Å². The molecule has 0 rings (SSSR count). The molecule has 116 valence electrons. The molecule has 0 aliphatic rings. The fraction of sp³-hybridized carbons (Fsp3) is 1.00. The van der Waals surface area contributed by atoms with Gasteiger partial charge in [0.05, 0.1) is 5.60 Å². The van der Waals surface area contributed by atoms with Crippen LogP contribution in [0.15, 0.2) is 0 Å². The molecule has 0 bridgehead atoms. The molecule has 0 radical (unpaired) electrons. The number of hydrogen-bond acceptors (Lipinski definition) is 2. The quantitative estimate of drug-likeness (QED) is 0.478. The normalized spacial score (nSPS) is 14.8. The Kier molecular flexibility index (Phi) is 11.7. The van der Waals surface area contributed by atoms with E-state index in [9.17, 15) is 5.11 Å². The second-order valence-electron chi connectivity index (χ2n) is 6.32. The summed E-state index contributed by atoms with van der Waals surface area (Å²) in [6.07, 6.45) is 12.3. The molecule has 0 fully saturated rings. The number of rotatable bonds is 13. The summed E-state index contributed by atoms with van der Waals surface area (Å²) in [5.41, 5.74) is -0.539. The predicted molar refractivity (Wildman–Crippen MR) is 85.6 cm³/mol. The molecule has 19 heavy (non-hydrogen) atoms. The fourth-order valence-electron chi connectivity index (χ4n) is 2.62. The second kappa shape index (κ2) is 11.7. The van der Waals surface area contributed by atoms with Crippen molar-refractivity contribution in [3.8, 4) is 0 Å². The van der Waals surface area contributed by atoms with Gasteiger partial charge in [-0.3, -0.25) is 0 Å². The summed E-state index contributed by atoms with van der Waals surface area (Å²) >= 11 is 0. The smallest absolute Gasteiger partial charge is 0.0743 e. The summed E-state index contributed by atoms with van der Waals surface area (Å²) < 4.78 is 0. The van der Waals surface area contributed by atoms with Gasteiger partial charge in [0, 0.05) is 12.6 Å². The van der Waals surface area contributed by atoms with Crippen molar-refractivity contribution in [2.75, 3.05) is 6.54 Å². The highest BCUT2D eigenvalue weighted by atomic mass is 16.3. The Morgan fingerprint density at radius 3 is 1.84 bits per heavy atom. The van der Waals surface area contributed by atoms with Crippen LogP contribution in [0.5, 0.6) is 0 Å². The Hall–Kier alpha value is -0.0800. The van der Waals surface area contributed by atoms with Gasteiger partial charge in [0.25, 0.3) is 0 Å². The highest BCUT2D eigenvalue weighted by molar-refractivity contribution is 4.78. The summed E-state index contributed by atoms with van der Waals surface area (Å²) in [4.78, 5) is 0. The lowest BCUT2D eigenvalue weighted by Crippen LogP contribution is -2.42. The Balaban J connectivity index is 4.01. The standard InChI is InChI=1S/C17H37NO/c1-5-8-10-12-16(13-11-9-6-2)18-15-17(4,19)14-7-3/h16,18-19H,5-15H2,1-4H3. The summed E-state index contributed by atoms with van der Waals surface area (Å²) in [6.45, 7) is 9.34. The first-order chi connectivity index (χ1) is 9.05. The van der Waals surface area contributed by atoms with E-state index in [-0.39, 0.29) is 0 Å². The molecule has 0 saturated carbocycles. The zero-order valence-electron chi connectivity index (χ0n) is 13.8. The van der Waals surface area contributed by atoms with E-state index >= 15 is 0 Å². The van der Waals surface area contributed by atoms with E-state index < -0.39 is 5.60 Å². The monoisotopic (exact) mass is 271 g/mol. The van der Waals surface area contributed by atoms with Gasteiger partial charge in [-0.05, 0) is 26.2 Å². The molecule has 0 aliphatic heterocycles. The lowest BCUT2D eigenvalue weighted by molar-refractivity contribution is 0.0463. The van der Waals surface area contributed by atoms with Crippen molar-refractivity contribution in [1.82, 2.24) is 5.32 Å². The van der Waals surface area contributed by atoms with Gasteiger partial charge in [-0.1, -0.05) is 65.7 Å². The number of nitrogens with one attached hydrogen (secondary N) is 1. The molecule has 0 spiro atoms. The maximum atomic E-state index is 10.2. The molecular formula is C17H37NO. The molecule has 2 nitrogen and oxygen atoms in total. The van der Waals surface area contributed by atoms with E-state index in [2.05, 4.69) is 26.1 Å². The van der Waals surface area contributed by atoms with Crippen LogP contribution in [0.2, 0.25) is 0 Å². The minimum absolute atomic E-state index is 0.539. The van der Waals surface area contributed by atoms with Crippen LogP contribution in [-0.2, 0) is 0 Å². The van der Waals surface area contributed by atoms with E-state index in [0.717, 1.165) is 19.4 Å². The highest BCUT2D eigenvalue weighted by Crippen LogP contribution is 2.14.